The van der Waals surface area contributed by atoms with Crippen LogP contribution in [0.3, 0.4) is 0 Å². The molecule has 13 heavy (non-hydrogen) atoms. The number of hydrogen-bond acceptors (Lipinski definition) is 1. The third-order valence-corrected chi connectivity index (χ3v) is 5.70. The fourth-order valence-electron chi connectivity index (χ4n) is 4.02. The number of ketones is 1. The smallest absolute Gasteiger partial charge is 0.137 e. The number of carbonyl (C=O) groups excluding carboxylic acids is 1. The lowest BCUT2D eigenvalue weighted by atomic mass is 9.71. The van der Waals surface area contributed by atoms with Crippen molar-refractivity contribution in [3.8, 4) is 0 Å². The Bertz CT molecular complexity index is 326. The predicted molar refractivity (Wildman–Crippen MR) is 53.4 cm³/mol. The quantitative estimate of drug-likeness (QED) is 0.564. The van der Waals surface area contributed by atoms with Crippen LogP contribution < -0.4 is 0 Å². The van der Waals surface area contributed by atoms with E-state index in [2.05, 4.69) is 34.6 Å². The van der Waals surface area contributed by atoms with Crippen LogP contribution in [0.25, 0.3) is 0 Å². The number of allylic oxidation sites excluding steroid dienone is 2. The molecule has 1 fully saturated rings. The van der Waals surface area contributed by atoms with Crippen LogP contribution in [0.4, 0.5) is 0 Å². The molecule has 2 rings (SSSR count). The van der Waals surface area contributed by atoms with Crippen LogP contribution in [0.15, 0.2) is 11.1 Å². The fraction of sp³-hybridized carbons (Fsp3) is 0.750. The molecule has 3 atom stereocenters. The van der Waals surface area contributed by atoms with Crippen molar-refractivity contribution in [3.63, 3.8) is 0 Å². The molecule has 2 aliphatic carbocycles. The molecular formula is C12H18O. The van der Waals surface area contributed by atoms with Crippen LogP contribution in [-0.2, 0) is 4.79 Å². The highest BCUT2D eigenvalue weighted by molar-refractivity contribution is 5.93. The van der Waals surface area contributed by atoms with Gasteiger partial charge < -0.3 is 0 Å². The van der Waals surface area contributed by atoms with E-state index in [-0.39, 0.29) is 16.2 Å². The number of rotatable bonds is 1. The molecule has 0 bridgehead atoms. The summed E-state index contributed by atoms with van der Waals surface area (Å²) in [6, 6.07) is 0. The molecule has 0 aromatic heterocycles. The summed E-state index contributed by atoms with van der Waals surface area (Å²) in [5.41, 5.74) is 3.08. The first kappa shape index (κ1) is 8.98. The first-order chi connectivity index (χ1) is 5.76. The van der Waals surface area contributed by atoms with Crippen LogP contribution in [0, 0.1) is 16.2 Å². The first-order valence-corrected chi connectivity index (χ1v) is 4.95. The van der Waals surface area contributed by atoms with E-state index < -0.39 is 0 Å². The molecule has 1 nitrogen and oxygen atoms in total. The van der Waals surface area contributed by atoms with E-state index in [0.717, 1.165) is 0 Å². The molecule has 1 heteroatoms. The Labute approximate surface area is 80.2 Å². The Morgan fingerprint density at radius 1 is 1.00 bits per heavy atom. The Balaban J connectivity index is 2.55. The summed E-state index contributed by atoms with van der Waals surface area (Å²) >= 11 is 0. The van der Waals surface area contributed by atoms with Crippen LogP contribution in [0.2, 0.25) is 0 Å². The maximum Gasteiger partial charge on any atom is 0.137 e. The van der Waals surface area contributed by atoms with Crippen molar-refractivity contribution in [1.82, 2.24) is 0 Å². The molecule has 2 aliphatic rings. The topological polar surface area (TPSA) is 17.1 Å². The molecule has 0 aromatic carbocycles. The van der Waals surface area contributed by atoms with Gasteiger partial charge >= 0.3 is 0 Å². The summed E-state index contributed by atoms with van der Waals surface area (Å²) in [4.78, 5) is 11.7. The van der Waals surface area contributed by atoms with Gasteiger partial charge in [-0.15, -0.1) is 0 Å². The van der Waals surface area contributed by atoms with Gasteiger partial charge in [-0.3, -0.25) is 4.79 Å². The average Bonchev–Trinajstić information content (AvgIpc) is 2.46. The number of fused-ring (bicyclic) bond motifs is 1. The van der Waals surface area contributed by atoms with Crippen molar-refractivity contribution in [2.24, 2.45) is 16.2 Å². The van der Waals surface area contributed by atoms with Gasteiger partial charge in [-0.2, -0.15) is 0 Å². The van der Waals surface area contributed by atoms with Crippen molar-refractivity contribution in [2.45, 2.75) is 41.5 Å². The van der Waals surface area contributed by atoms with Gasteiger partial charge in [-0.1, -0.05) is 31.9 Å². The van der Waals surface area contributed by atoms with Gasteiger partial charge in [0.15, 0.2) is 0 Å². The summed E-state index contributed by atoms with van der Waals surface area (Å²) in [7, 11) is 0. The first-order valence-electron chi connectivity index (χ1n) is 4.95. The number of carbonyl (C=O) groups is 1. The second-order valence-electron chi connectivity index (χ2n) is 5.18. The van der Waals surface area contributed by atoms with Crippen LogP contribution in [0.1, 0.15) is 41.5 Å². The summed E-state index contributed by atoms with van der Waals surface area (Å²) < 4.78 is 0. The summed E-state index contributed by atoms with van der Waals surface area (Å²) in [6.45, 7) is 12.7. The van der Waals surface area contributed by atoms with Crippen LogP contribution in [-0.4, -0.2) is 5.78 Å². The lowest BCUT2D eigenvalue weighted by Crippen LogP contribution is -2.22. The van der Waals surface area contributed by atoms with E-state index >= 15 is 0 Å². The molecule has 1 unspecified atom stereocenters. The van der Waals surface area contributed by atoms with Gasteiger partial charge in [0.2, 0.25) is 0 Å². The van der Waals surface area contributed by atoms with Crippen molar-refractivity contribution in [1.29, 1.82) is 0 Å². The van der Waals surface area contributed by atoms with E-state index in [1.165, 1.54) is 11.1 Å². The third kappa shape index (κ3) is 0.469. The van der Waals surface area contributed by atoms with Crippen molar-refractivity contribution >= 4 is 5.78 Å². The zero-order valence-electron chi connectivity index (χ0n) is 9.41. The van der Waals surface area contributed by atoms with Gasteiger partial charge in [-0.05, 0) is 20.8 Å². The van der Waals surface area contributed by atoms with E-state index in [4.69, 9.17) is 0 Å². The lowest BCUT2D eigenvalue weighted by Gasteiger charge is -2.32. The molecule has 0 saturated heterocycles. The molecule has 1 saturated carbocycles. The van der Waals surface area contributed by atoms with Crippen molar-refractivity contribution < 1.29 is 4.79 Å². The van der Waals surface area contributed by atoms with Gasteiger partial charge in [0.25, 0.3) is 0 Å². The largest absolute Gasteiger partial charge is 0.299 e. The second-order valence-corrected chi connectivity index (χ2v) is 5.18. The van der Waals surface area contributed by atoms with E-state index in [1.807, 2.05) is 0 Å². The minimum absolute atomic E-state index is 0.117. The monoisotopic (exact) mass is 178 g/mol. The summed E-state index contributed by atoms with van der Waals surface area (Å²) in [5.74, 6) is 0.341. The average molecular weight is 178 g/mol. The minimum atomic E-state index is -0.117. The molecule has 0 amide bonds. The Kier molecular flexibility index (Phi) is 1.23. The molecule has 0 aromatic rings. The van der Waals surface area contributed by atoms with Gasteiger partial charge in [0.1, 0.15) is 5.78 Å². The Hall–Kier alpha value is -0.590. The maximum absolute atomic E-state index is 11.7. The highest BCUT2D eigenvalue weighted by atomic mass is 16.1. The molecule has 0 spiro atoms. The highest BCUT2D eigenvalue weighted by Gasteiger charge is 2.87. The molecule has 0 heterocycles. The maximum atomic E-state index is 11.7. The summed E-state index contributed by atoms with van der Waals surface area (Å²) in [6.07, 6.45) is 0. The van der Waals surface area contributed by atoms with E-state index in [9.17, 15) is 4.79 Å². The zero-order chi connectivity index (χ0) is 10.2. The normalized spacial score (nSPS) is 52.8. The summed E-state index contributed by atoms with van der Waals surface area (Å²) in [5, 5.41) is 0. The highest BCUT2D eigenvalue weighted by Crippen LogP contribution is 2.90. The molecular weight excluding hydrogens is 160 g/mol. The Morgan fingerprint density at radius 2 is 1.31 bits per heavy atom. The molecule has 0 aliphatic heterocycles. The van der Waals surface area contributed by atoms with Crippen molar-refractivity contribution in [3.05, 3.63) is 11.1 Å². The predicted octanol–water partition coefficient (Wildman–Crippen LogP) is 2.96. The number of Topliss-reactive ketones (excluding diaryl/α,β-unsaturated/α-hetero) is 1. The molecule has 72 valence electrons. The van der Waals surface area contributed by atoms with Gasteiger partial charge in [0.05, 0.1) is 0 Å². The molecule has 0 N–H and O–H groups in total. The van der Waals surface area contributed by atoms with E-state index in [1.54, 1.807) is 6.92 Å². The SMILES string of the molecule is CC(=O)C1(C)[C@]2(C)C(C)=C(C)[C@]12C. The fourth-order valence-corrected chi connectivity index (χ4v) is 4.02. The van der Waals surface area contributed by atoms with Gasteiger partial charge in [0, 0.05) is 16.2 Å². The van der Waals surface area contributed by atoms with Crippen LogP contribution in [0.5, 0.6) is 0 Å². The number of hydrogen-bond donors (Lipinski definition) is 0. The van der Waals surface area contributed by atoms with E-state index in [0.29, 0.717) is 5.78 Å². The van der Waals surface area contributed by atoms with Crippen molar-refractivity contribution in [2.75, 3.05) is 0 Å². The lowest BCUT2D eigenvalue weighted by molar-refractivity contribution is -0.122. The second kappa shape index (κ2) is 1.77. The zero-order valence-corrected chi connectivity index (χ0v) is 9.41. The third-order valence-electron chi connectivity index (χ3n) is 5.70. The standard InChI is InChI=1S/C12H18O/c1-7-8(2)11(5)10(7,4)12(11,6)9(3)13/h1-6H3/t10-,11+,12?. The van der Waals surface area contributed by atoms with Gasteiger partial charge in [-0.25, -0.2) is 0 Å². The Morgan fingerprint density at radius 3 is 1.46 bits per heavy atom. The van der Waals surface area contributed by atoms with Crippen LogP contribution >= 0.6 is 0 Å². The molecule has 0 radical (unpaired) electrons. The minimum Gasteiger partial charge on any atom is -0.299 e.